The molecule has 0 bridgehead atoms. The summed E-state index contributed by atoms with van der Waals surface area (Å²) in [5.41, 5.74) is 0.399. The lowest BCUT2D eigenvalue weighted by molar-refractivity contribution is 0.412. The lowest BCUT2D eigenvalue weighted by Crippen LogP contribution is -2.39. The summed E-state index contributed by atoms with van der Waals surface area (Å²) in [7, 11) is 0. The Balaban J connectivity index is 2.25. The molecule has 1 saturated carbocycles. The minimum Gasteiger partial charge on any atom is -0.350 e. The highest BCUT2D eigenvalue weighted by Gasteiger charge is 2.24. The zero-order valence-electron chi connectivity index (χ0n) is 10.7. The number of rotatable bonds is 4. The van der Waals surface area contributed by atoms with Gasteiger partial charge in [-0.25, -0.2) is 14.4 Å². The van der Waals surface area contributed by atoms with E-state index in [1.165, 1.54) is 25.6 Å². The highest BCUT2D eigenvalue weighted by molar-refractivity contribution is 6.18. The summed E-state index contributed by atoms with van der Waals surface area (Å²) in [6.07, 6.45) is 7.30. The first-order chi connectivity index (χ1) is 8.74. The van der Waals surface area contributed by atoms with Gasteiger partial charge in [0.05, 0.1) is 5.69 Å². The molecule has 0 saturated heterocycles. The predicted molar refractivity (Wildman–Crippen MR) is 71.7 cm³/mol. The molecular formula is C13H19ClFN3. The molecule has 18 heavy (non-hydrogen) atoms. The van der Waals surface area contributed by atoms with Crippen LogP contribution in [-0.2, 0) is 0 Å². The second kappa shape index (κ2) is 6.32. The minimum atomic E-state index is -0.312. The number of alkyl halides is 1. The summed E-state index contributed by atoms with van der Waals surface area (Å²) in [6, 6.07) is 0.362. The molecule has 2 rings (SSSR count). The zero-order valence-corrected chi connectivity index (χ0v) is 11.5. The van der Waals surface area contributed by atoms with Crippen LogP contribution in [0, 0.1) is 12.7 Å². The Morgan fingerprint density at radius 1 is 1.33 bits per heavy atom. The largest absolute Gasteiger partial charge is 0.350 e. The maximum absolute atomic E-state index is 14.1. The summed E-state index contributed by atoms with van der Waals surface area (Å²) in [5, 5.41) is 0. The van der Waals surface area contributed by atoms with Crippen molar-refractivity contribution < 1.29 is 4.39 Å². The third kappa shape index (κ3) is 2.91. The molecule has 1 aliphatic rings. The molecule has 0 amide bonds. The number of nitrogens with zero attached hydrogens (tertiary/aromatic N) is 3. The molecule has 0 radical (unpaired) electrons. The SMILES string of the molecule is Cc1ncnc(N(CCCl)C2CCCCC2)c1F. The number of anilines is 1. The van der Waals surface area contributed by atoms with E-state index in [-0.39, 0.29) is 5.82 Å². The molecule has 1 heterocycles. The second-order valence-electron chi connectivity index (χ2n) is 4.77. The number of halogens is 2. The molecule has 0 aromatic carbocycles. The molecular weight excluding hydrogens is 253 g/mol. The molecule has 0 atom stereocenters. The van der Waals surface area contributed by atoms with Crippen LogP contribution in [-0.4, -0.2) is 28.4 Å². The standard InChI is InChI=1S/C13H19ClFN3/c1-10-12(15)13(17-9-16-10)18(8-7-14)11-5-3-2-4-6-11/h9,11H,2-8H2,1H3. The number of aromatic nitrogens is 2. The second-order valence-corrected chi connectivity index (χ2v) is 5.15. The normalized spacial score (nSPS) is 16.8. The fourth-order valence-corrected chi connectivity index (χ4v) is 2.77. The molecule has 0 aliphatic heterocycles. The van der Waals surface area contributed by atoms with Gasteiger partial charge in [0.15, 0.2) is 11.6 Å². The van der Waals surface area contributed by atoms with Crippen molar-refractivity contribution in [2.45, 2.75) is 45.1 Å². The van der Waals surface area contributed by atoms with Gasteiger partial charge in [0.1, 0.15) is 6.33 Å². The maximum atomic E-state index is 14.1. The van der Waals surface area contributed by atoms with Crippen molar-refractivity contribution in [3.63, 3.8) is 0 Å². The van der Waals surface area contributed by atoms with E-state index >= 15 is 0 Å². The van der Waals surface area contributed by atoms with E-state index in [9.17, 15) is 4.39 Å². The van der Waals surface area contributed by atoms with Gasteiger partial charge in [-0.1, -0.05) is 19.3 Å². The topological polar surface area (TPSA) is 29.0 Å². The van der Waals surface area contributed by atoms with Gasteiger partial charge in [-0.15, -0.1) is 11.6 Å². The molecule has 100 valence electrons. The Morgan fingerprint density at radius 3 is 2.72 bits per heavy atom. The van der Waals surface area contributed by atoms with Gasteiger partial charge in [0.25, 0.3) is 0 Å². The quantitative estimate of drug-likeness (QED) is 0.787. The van der Waals surface area contributed by atoms with Crippen LogP contribution in [0.1, 0.15) is 37.8 Å². The first-order valence-corrected chi connectivity index (χ1v) is 7.07. The van der Waals surface area contributed by atoms with Crippen molar-refractivity contribution in [1.82, 2.24) is 9.97 Å². The van der Waals surface area contributed by atoms with Crippen LogP contribution < -0.4 is 4.90 Å². The monoisotopic (exact) mass is 271 g/mol. The average molecular weight is 272 g/mol. The molecule has 3 nitrogen and oxygen atoms in total. The van der Waals surface area contributed by atoms with Gasteiger partial charge in [-0.3, -0.25) is 0 Å². The number of hydrogen-bond donors (Lipinski definition) is 0. The van der Waals surface area contributed by atoms with Crippen molar-refractivity contribution in [1.29, 1.82) is 0 Å². The number of aryl methyl sites for hydroxylation is 1. The van der Waals surface area contributed by atoms with Crippen molar-refractivity contribution in [2.24, 2.45) is 0 Å². The smallest absolute Gasteiger partial charge is 0.186 e. The number of hydrogen-bond acceptors (Lipinski definition) is 3. The van der Waals surface area contributed by atoms with E-state index in [4.69, 9.17) is 11.6 Å². The summed E-state index contributed by atoms with van der Waals surface area (Å²) < 4.78 is 14.1. The molecule has 1 aromatic rings. The van der Waals surface area contributed by atoms with Crippen LogP contribution in [0.5, 0.6) is 0 Å². The van der Waals surface area contributed by atoms with E-state index in [0.717, 1.165) is 12.8 Å². The van der Waals surface area contributed by atoms with Crippen molar-refractivity contribution in [3.05, 3.63) is 17.8 Å². The molecule has 1 fully saturated rings. The van der Waals surface area contributed by atoms with Crippen LogP contribution in [0.4, 0.5) is 10.2 Å². The third-order valence-electron chi connectivity index (χ3n) is 3.56. The molecule has 0 N–H and O–H groups in total. The molecule has 0 unspecified atom stereocenters. The van der Waals surface area contributed by atoms with Gasteiger partial charge in [-0.05, 0) is 19.8 Å². The fraction of sp³-hybridized carbons (Fsp3) is 0.692. The van der Waals surface area contributed by atoms with Gasteiger partial charge < -0.3 is 4.90 Å². The van der Waals surface area contributed by atoms with Gasteiger partial charge >= 0.3 is 0 Å². The lowest BCUT2D eigenvalue weighted by Gasteiger charge is -2.35. The Labute approximate surface area is 112 Å². The molecule has 1 aromatic heterocycles. The fourth-order valence-electron chi connectivity index (χ4n) is 2.59. The third-order valence-corrected chi connectivity index (χ3v) is 3.73. The van der Waals surface area contributed by atoms with Gasteiger partial charge in [0.2, 0.25) is 0 Å². The summed E-state index contributed by atoms with van der Waals surface area (Å²) in [4.78, 5) is 10.0. The Kier molecular flexibility index (Phi) is 4.75. The highest BCUT2D eigenvalue weighted by Crippen LogP contribution is 2.28. The Hall–Kier alpha value is -0.900. The van der Waals surface area contributed by atoms with E-state index in [1.807, 2.05) is 4.90 Å². The van der Waals surface area contributed by atoms with Crippen molar-refractivity contribution in [3.8, 4) is 0 Å². The summed E-state index contributed by atoms with van der Waals surface area (Å²) >= 11 is 5.85. The minimum absolute atomic E-state index is 0.312. The Bertz CT molecular complexity index is 394. The van der Waals surface area contributed by atoms with Crippen LogP contribution in [0.25, 0.3) is 0 Å². The Morgan fingerprint density at radius 2 is 2.06 bits per heavy atom. The van der Waals surface area contributed by atoms with Gasteiger partial charge in [-0.2, -0.15) is 0 Å². The maximum Gasteiger partial charge on any atom is 0.186 e. The van der Waals surface area contributed by atoms with Crippen LogP contribution in [0.15, 0.2) is 6.33 Å². The van der Waals surface area contributed by atoms with Crippen LogP contribution in [0.3, 0.4) is 0 Å². The van der Waals surface area contributed by atoms with E-state index in [0.29, 0.717) is 30.0 Å². The van der Waals surface area contributed by atoms with E-state index in [2.05, 4.69) is 9.97 Å². The molecule has 5 heteroatoms. The summed E-state index contributed by atoms with van der Waals surface area (Å²) in [5.74, 6) is 0.585. The summed E-state index contributed by atoms with van der Waals surface area (Å²) in [6.45, 7) is 2.31. The highest BCUT2D eigenvalue weighted by atomic mass is 35.5. The molecule has 0 spiro atoms. The van der Waals surface area contributed by atoms with Gasteiger partial charge in [0, 0.05) is 18.5 Å². The predicted octanol–water partition coefficient (Wildman–Crippen LogP) is 3.30. The van der Waals surface area contributed by atoms with Crippen molar-refractivity contribution in [2.75, 3.05) is 17.3 Å². The average Bonchev–Trinajstić information content (AvgIpc) is 2.41. The lowest BCUT2D eigenvalue weighted by atomic mass is 9.94. The van der Waals surface area contributed by atoms with E-state index < -0.39 is 0 Å². The van der Waals surface area contributed by atoms with Crippen LogP contribution in [0.2, 0.25) is 0 Å². The first kappa shape index (κ1) is 13.5. The zero-order chi connectivity index (χ0) is 13.0. The molecule has 1 aliphatic carbocycles. The van der Waals surface area contributed by atoms with Crippen molar-refractivity contribution >= 4 is 17.4 Å². The van der Waals surface area contributed by atoms with Crippen LogP contribution >= 0.6 is 11.6 Å². The first-order valence-electron chi connectivity index (χ1n) is 6.53. The van der Waals surface area contributed by atoms with E-state index in [1.54, 1.807) is 6.92 Å².